The normalized spacial score (nSPS) is 12.9. The number of rotatable bonds is 33. The van der Waals surface area contributed by atoms with E-state index < -0.39 is 25.0 Å². The van der Waals surface area contributed by atoms with Gasteiger partial charge in [-0.25, -0.2) is 0 Å². The van der Waals surface area contributed by atoms with Gasteiger partial charge in [-0.05, 0) is 19.8 Å². The molecule has 0 amide bonds. The van der Waals surface area contributed by atoms with Gasteiger partial charge in [-0.1, -0.05) is 166 Å². The average molecular weight is 647 g/mol. The van der Waals surface area contributed by atoms with Crippen molar-refractivity contribution in [3.8, 4) is 0 Å². The zero-order valence-electron chi connectivity index (χ0n) is 30.2. The molecule has 0 saturated carbocycles. The molecule has 0 fully saturated rings. The Balaban J connectivity index is 3.59. The molecule has 42 heavy (non-hydrogen) atoms. The van der Waals surface area contributed by atoms with Crippen LogP contribution in [0.4, 0.5) is 0 Å². The van der Waals surface area contributed by atoms with E-state index in [1.165, 1.54) is 128 Å². The van der Waals surface area contributed by atoms with E-state index in [1.807, 2.05) is 0 Å². The predicted octanol–water partition coefficient (Wildman–Crippen LogP) is 12.1. The maximum Gasteiger partial charge on any atom is 0.500 e. The molecule has 0 bridgehead atoms. The highest BCUT2D eigenvalue weighted by Crippen LogP contribution is 2.26. The Kier molecular flexibility index (Phi) is 28.1. The van der Waals surface area contributed by atoms with Crippen molar-refractivity contribution in [3.63, 3.8) is 0 Å². The highest BCUT2D eigenvalue weighted by molar-refractivity contribution is 6.77. The fourth-order valence-electron chi connectivity index (χ4n) is 6.39. The third-order valence-electron chi connectivity index (χ3n) is 9.57. The molecule has 0 heterocycles. The SMILES string of the molecule is CCOCCCCCCCCCC[Si](C)(C)CCCCCCCC[Si](C)(C)CCCCCCCC[Si](OC)(OC)OC. The average Bonchev–Trinajstić information content (AvgIpc) is 2.97. The van der Waals surface area contributed by atoms with E-state index >= 15 is 0 Å². The van der Waals surface area contributed by atoms with Crippen LogP contribution in [0.5, 0.6) is 0 Å². The summed E-state index contributed by atoms with van der Waals surface area (Å²) in [7, 11) is 0.832. The smallest absolute Gasteiger partial charge is 0.382 e. The Morgan fingerprint density at radius 1 is 0.357 bits per heavy atom. The summed E-state index contributed by atoms with van der Waals surface area (Å²) in [5.74, 6) is 0. The largest absolute Gasteiger partial charge is 0.500 e. The topological polar surface area (TPSA) is 36.9 Å². The monoisotopic (exact) mass is 647 g/mol. The molecule has 0 unspecified atom stereocenters. The summed E-state index contributed by atoms with van der Waals surface area (Å²) in [5, 5.41) is 0. The number of hydrogen-bond acceptors (Lipinski definition) is 4. The first kappa shape index (κ1) is 42.5. The Hall–Kier alpha value is 0.491. The van der Waals surface area contributed by atoms with Crippen LogP contribution < -0.4 is 0 Å². The lowest BCUT2D eigenvalue weighted by molar-refractivity contribution is 0.122. The number of ether oxygens (including phenoxy) is 1. The van der Waals surface area contributed by atoms with Crippen LogP contribution in [-0.2, 0) is 18.0 Å². The lowest BCUT2D eigenvalue weighted by Gasteiger charge is -2.24. The molecular weight excluding hydrogens is 569 g/mol. The molecule has 254 valence electrons. The molecular formula is C35H78O4Si3. The molecule has 0 aromatic rings. The first-order valence-electron chi connectivity index (χ1n) is 18.4. The van der Waals surface area contributed by atoms with E-state index in [2.05, 4.69) is 33.1 Å². The summed E-state index contributed by atoms with van der Waals surface area (Å²) in [6, 6.07) is 7.11. The minimum Gasteiger partial charge on any atom is -0.382 e. The van der Waals surface area contributed by atoms with Gasteiger partial charge < -0.3 is 18.0 Å². The lowest BCUT2D eigenvalue weighted by atomic mass is 10.1. The van der Waals surface area contributed by atoms with Crippen LogP contribution in [0.3, 0.4) is 0 Å². The number of hydrogen-bond donors (Lipinski definition) is 0. The molecule has 0 saturated heterocycles. The summed E-state index contributed by atoms with van der Waals surface area (Å²) >= 11 is 0. The summed E-state index contributed by atoms with van der Waals surface area (Å²) in [5.41, 5.74) is 0. The van der Waals surface area contributed by atoms with Gasteiger partial charge in [-0.15, -0.1) is 0 Å². The van der Waals surface area contributed by atoms with Crippen molar-refractivity contribution in [1.82, 2.24) is 0 Å². The minimum atomic E-state index is -2.36. The zero-order chi connectivity index (χ0) is 31.4. The maximum absolute atomic E-state index is 5.53. The van der Waals surface area contributed by atoms with Crippen molar-refractivity contribution < 1.29 is 18.0 Å². The predicted molar refractivity (Wildman–Crippen MR) is 195 cm³/mol. The summed E-state index contributed by atoms with van der Waals surface area (Å²) in [6.45, 7) is 14.5. The van der Waals surface area contributed by atoms with Gasteiger partial charge in [0.25, 0.3) is 0 Å². The summed E-state index contributed by atoms with van der Waals surface area (Å²) in [4.78, 5) is 0. The van der Waals surface area contributed by atoms with E-state index in [0.717, 1.165) is 25.7 Å². The van der Waals surface area contributed by atoms with Crippen molar-refractivity contribution in [2.75, 3.05) is 34.5 Å². The summed E-state index contributed by atoms with van der Waals surface area (Å²) in [6.07, 6.45) is 28.1. The van der Waals surface area contributed by atoms with Gasteiger partial charge in [0.15, 0.2) is 0 Å². The zero-order valence-corrected chi connectivity index (χ0v) is 33.2. The van der Waals surface area contributed by atoms with Gasteiger partial charge in [0.2, 0.25) is 0 Å². The van der Waals surface area contributed by atoms with Crippen LogP contribution >= 0.6 is 0 Å². The van der Waals surface area contributed by atoms with Gasteiger partial charge in [-0.3, -0.25) is 0 Å². The van der Waals surface area contributed by atoms with Crippen LogP contribution in [0.1, 0.15) is 135 Å². The molecule has 0 aromatic carbocycles. The van der Waals surface area contributed by atoms with Gasteiger partial charge in [0, 0.05) is 56.7 Å². The Morgan fingerprint density at radius 2 is 0.619 bits per heavy atom. The minimum absolute atomic E-state index is 0.868. The molecule has 4 nitrogen and oxygen atoms in total. The second-order valence-electron chi connectivity index (χ2n) is 14.6. The van der Waals surface area contributed by atoms with Gasteiger partial charge in [-0.2, -0.15) is 0 Å². The van der Waals surface area contributed by atoms with Gasteiger partial charge in [0.05, 0.1) is 0 Å². The maximum atomic E-state index is 5.53. The van der Waals surface area contributed by atoms with Crippen LogP contribution in [-0.4, -0.2) is 59.5 Å². The van der Waals surface area contributed by atoms with Crippen LogP contribution in [0.2, 0.25) is 56.4 Å². The second kappa shape index (κ2) is 27.8. The van der Waals surface area contributed by atoms with Crippen molar-refractivity contribution in [3.05, 3.63) is 0 Å². The molecule has 7 heteroatoms. The van der Waals surface area contributed by atoms with E-state index in [1.54, 1.807) is 39.5 Å². The van der Waals surface area contributed by atoms with Crippen LogP contribution in [0.15, 0.2) is 0 Å². The molecule has 0 rings (SSSR count). The van der Waals surface area contributed by atoms with E-state index in [0.29, 0.717) is 0 Å². The fourth-order valence-corrected chi connectivity index (χ4v) is 13.5. The quantitative estimate of drug-likeness (QED) is 0.0525. The van der Waals surface area contributed by atoms with Crippen LogP contribution in [0.25, 0.3) is 0 Å². The molecule has 0 N–H and O–H groups in total. The highest BCUT2D eigenvalue weighted by Gasteiger charge is 2.36. The second-order valence-corrected chi connectivity index (χ2v) is 28.4. The van der Waals surface area contributed by atoms with Gasteiger partial charge >= 0.3 is 8.80 Å². The molecule has 0 aliphatic carbocycles. The van der Waals surface area contributed by atoms with Gasteiger partial charge in [0.1, 0.15) is 0 Å². The fraction of sp³-hybridized carbons (Fsp3) is 1.00. The Bertz CT molecular complexity index is 562. The molecule has 0 aliphatic heterocycles. The van der Waals surface area contributed by atoms with E-state index in [9.17, 15) is 0 Å². The summed E-state index contributed by atoms with van der Waals surface area (Å²) < 4.78 is 22.0. The molecule has 0 aromatic heterocycles. The lowest BCUT2D eigenvalue weighted by Crippen LogP contribution is -2.42. The van der Waals surface area contributed by atoms with Crippen molar-refractivity contribution in [2.24, 2.45) is 0 Å². The standard InChI is InChI=1S/C35H78O4Si3/c1-9-39-30-24-18-12-10-11-13-19-25-31-40(5,6)32-26-20-14-15-21-27-33-41(7,8)34-28-22-16-17-23-29-35-42(36-2,37-3)38-4/h9-35H2,1-8H3. The van der Waals surface area contributed by atoms with E-state index in [4.69, 9.17) is 18.0 Å². The third kappa shape index (κ3) is 25.8. The Morgan fingerprint density at radius 3 is 0.905 bits per heavy atom. The van der Waals surface area contributed by atoms with Crippen molar-refractivity contribution in [2.45, 2.75) is 192 Å². The van der Waals surface area contributed by atoms with E-state index in [-0.39, 0.29) is 0 Å². The van der Waals surface area contributed by atoms with Crippen molar-refractivity contribution in [1.29, 1.82) is 0 Å². The molecule has 0 radical (unpaired) electrons. The van der Waals surface area contributed by atoms with Crippen molar-refractivity contribution >= 4 is 25.0 Å². The first-order chi connectivity index (χ1) is 20.2. The first-order valence-corrected chi connectivity index (χ1v) is 27.1. The third-order valence-corrected chi connectivity index (χ3v) is 19.2. The molecule has 0 aliphatic rings. The van der Waals surface area contributed by atoms with Crippen LogP contribution in [0, 0.1) is 0 Å². The molecule has 0 atom stereocenters. The molecule has 0 spiro atoms. The number of unbranched alkanes of at least 4 members (excludes halogenated alkanes) is 17. The highest BCUT2D eigenvalue weighted by atomic mass is 28.4. The Labute approximate surface area is 268 Å².